The highest BCUT2D eigenvalue weighted by Gasteiger charge is 2.31. The Balaban J connectivity index is 4.50. The molecule has 0 saturated heterocycles. The number of carbonyl (C=O) groups excluding carboxylic acids is 1. The lowest BCUT2D eigenvalue weighted by molar-refractivity contribution is -0.128. The Hall–Kier alpha value is -0.630. The maximum atomic E-state index is 11.6. The molecule has 0 spiro atoms. The Morgan fingerprint density at radius 1 is 1.58 bits per heavy atom. The molecule has 0 aliphatic rings. The van der Waals surface area contributed by atoms with Gasteiger partial charge < -0.3 is 0 Å². The molecule has 0 radical (unpaired) electrons. The van der Waals surface area contributed by atoms with Gasteiger partial charge in [-0.2, -0.15) is 0 Å². The van der Waals surface area contributed by atoms with Crippen LogP contribution in [0.15, 0.2) is 12.7 Å². The van der Waals surface area contributed by atoms with Gasteiger partial charge in [-0.25, -0.2) is 0 Å². The third kappa shape index (κ3) is 2.18. The standard InChI is InChI=1S/C10H19NO/c1-6-8-9(12)10(3,7-2)11(4)5/h6H,1,7-8H2,2-5H3. The topological polar surface area (TPSA) is 20.3 Å². The first kappa shape index (κ1) is 11.4. The minimum Gasteiger partial charge on any atom is -0.297 e. The number of likely N-dealkylation sites (N-methyl/N-ethyl adjacent to an activating group) is 1. The summed E-state index contributed by atoms with van der Waals surface area (Å²) in [5, 5.41) is 0. The summed E-state index contributed by atoms with van der Waals surface area (Å²) in [6.45, 7) is 7.57. The Labute approximate surface area is 75.3 Å². The predicted molar refractivity (Wildman–Crippen MR) is 52.2 cm³/mol. The molecule has 0 aliphatic heterocycles. The van der Waals surface area contributed by atoms with Gasteiger partial charge in [0.25, 0.3) is 0 Å². The van der Waals surface area contributed by atoms with Gasteiger partial charge in [-0.05, 0) is 27.4 Å². The van der Waals surface area contributed by atoms with E-state index >= 15 is 0 Å². The Morgan fingerprint density at radius 2 is 2.08 bits per heavy atom. The quantitative estimate of drug-likeness (QED) is 0.585. The second-order valence-electron chi connectivity index (χ2n) is 3.44. The van der Waals surface area contributed by atoms with Crippen LogP contribution in [0.3, 0.4) is 0 Å². The van der Waals surface area contributed by atoms with Gasteiger partial charge in [0, 0.05) is 6.42 Å². The van der Waals surface area contributed by atoms with E-state index in [0.717, 1.165) is 6.42 Å². The highest BCUT2D eigenvalue weighted by atomic mass is 16.1. The first-order valence-corrected chi connectivity index (χ1v) is 4.30. The van der Waals surface area contributed by atoms with Gasteiger partial charge in [0.15, 0.2) is 5.78 Å². The van der Waals surface area contributed by atoms with Gasteiger partial charge in [0.05, 0.1) is 5.54 Å². The fourth-order valence-electron chi connectivity index (χ4n) is 1.11. The highest BCUT2D eigenvalue weighted by Crippen LogP contribution is 2.18. The summed E-state index contributed by atoms with van der Waals surface area (Å²) >= 11 is 0. The number of ketones is 1. The molecular formula is C10H19NO. The normalized spacial score (nSPS) is 15.8. The monoisotopic (exact) mass is 169 g/mol. The second-order valence-corrected chi connectivity index (χ2v) is 3.44. The molecule has 2 nitrogen and oxygen atoms in total. The molecular weight excluding hydrogens is 150 g/mol. The highest BCUT2D eigenvalue weighted by molar-refractivity contribution is 5.88. The molecule has 0 N–H and O–H groups in total. The van der Waals surface area contributed by atoms with Crippen LogP contribution in [0.25, 0.3) is 0 Å². The number of carbonyl (C=O) groups is 1. The number of nitrogens with zero attached hydrogens (tertiary/aromatic N) is 1. The average Bonchev–Trinajstić information content (AvgIpc) is 2.03. The Bertz CT molecular complexity index is 175. The van der Waals surface area contributed by atoms with Crippen molar-refractivity contribution in [3.05, 3.63) is 12.7 Å². The van der Waals surface area contributed by atoms with E-state index < -0.39 is 0 Å². The molecule has 1 atom stereocenters. The van der Waals surface area contributed by atoms with E-state index in [9.17, 15) is 4.79 Å². The van der Waals surface area contributed by atoms with E-state index in [4.69, 9.17) is 0 Å². The van der Waals surface area contributed by atoms with Crippen molar-refractivity contribution in [3.8, 4) is 0 Å². The van der Waals surface area contributed by atoms with Crippen LogP contribution in [0.5, 0.6) is 0 Å². The summed E-state index contributed by atoms with van der Waals surface area (Å²) in [7, 11) is 3.87. The molecule has 0 bridgehead atoms. The van der Waals surface area contributed by atoms with Gasteiger partial charge in [0.2, 0.25) is 0 Å². The van der Waals surface area contributed by atoms with Crippen molar-refractivity contribution in [1.82, 2.24) is 4.90 Å². The summed E-state index contributed by atoms with van der Waals surface area (Å²) in [5.74, 6) is 0.241. The van der Waals surface area contributed by atoms with Crippen molar-refractivity contribution in [2.75, 3.05) is 14.1 Å². The van der Waals surface area contributed by atoms with E-state index in [-0.39, 0.29) is 11.3 Å². The molecule has 0 aromatic rings. The summed E-state index contributed by atoms with van der Waals surface area (Å²) in [6, 6.07) is 0. The van der Waals surface area contributed by atoms with Crippen molar-refractivity contribution in [3.63, 3.8) is 0 Å². The molecule has 0 saturated carbocycles. The van der Waals surface area contributed by atoms with Crippen molar-refractivity contribution in [1.29, 1.82) is 0 Å². The maximum Gasteiger partial charge on any atom is 0.156 e. The molecule has 0 aromatic heterocycles. The smallest absolute Gasteiger partial charge is 0.156 e. The number of hydrogen-bond donors (Lipinski definition) is 0. The molecule has 2 heteroatoms. The van der Waals surface area contributed by atoms with Crippen molar-refractivity contribution in [2.24, 2.45) is 0 Å². The molecule has 1 unspecified atom stereocenters. The first-order chi connectivity index (χ1) is 5.49. The lowest BCUT2D eigenvalue weighted by atomic mass is 9.90. The zero-order chi connectivity index (χ0) is 9.78. The zero-order valence-electron chi connectivity index (χ0n) is 8.55. The second kappa shape index (κ2) is 4.41. The van der Waals surface area contributed by atoms with Crippen LogP contribution >= 0.6 is 0 Å². The summed E-state index contributed by atoms with van der Waals surface area (Å²) in [4.78, 5) is 13.6. The molecule has 0 aromatic carbocycles. The maximum absolute atomic E-state index is 11.6. The Kier molecular flexibility index (Phi) is 4.18. The molecule has 0 fully saturated rings. The van der Waals surface area contributed by atoms with Crippen molar-refractivity contribution in [2.45, 2.75) is 32.2 Å². The van der Waals surface area contributed by atoms with E-state index in [0.29, 0.717) is 6.42 Å². The Morgan fingerprint density at radius 3 is 2.33 bits per heavy atom. The van der Waals surface area contributed by atoms with Crippen LogP contribution in [0.2, 0.25) is 0 Å². The fraction of sp³-hybridized carbons (Fsp3) is 0.700. The van der Waals surface area contributed by atoms with E-state index in [1.807, 2.05) is 32.8 Å². The summed E-state index contributed by atoms with van der Waals surface area (Å²) in [6.07, 6.45) is 2.97. The van der Waals surface area contributed by atoms with E-state index in [1.165, 1.54) is 0 Å². The molecule has 0 rings (SSSR count). The van der Waals surface area contributed by atoms with Crippen LogP contribution in [0, 0.1) is 0 Å². The largest absolute Gasteiger partial charge is 0.297 e. The molecule has 12 heavy (non-hydrogen) atoms. The minimum atomic E-state index is -0.325. The SMILES string of the molecule is C=CCC(=O)C(C)(CC)N(C)C. The average molecular weight is 169 g/mol. The van der Waals surface area contributed by atoms with Crippen LogP contribution in [-0.4, -0.2) is 30.3 Å². The van der Waals surface area contributed by atoms with Crippen LogP contribution in [0.1, 0.15) is 26.7 Å². The molecule has 0 amide bonds. The number of Topliss-reactive ketones (excluding diaryl/α,β-unsaturated/α-hetero) is 1. The molecule has 0 heterocycles. The summed E-state index contributed by atoms with van der Waals surface area (Å²) in [5.41, 5.74) is -0.325. The zero-order valence-corrected chi connectivity index (χ0v) is 8.55. The fourth-order valence-corrected chi connectivity index (χ4v) is 1.11. The summed E-state index contributed by atoms with van der Waals surface area (Å²) < 4.78 is 0. The van der Waals surface area contributed by atoms with Gasteiger partial charge in [-0.1, -0.05) is 13.0 Å². The van der Waals surface area contributed by atoms with Gasteiger partial charge >= 0.3 is 0 Å². The number of rotatable bonds is 5. The molecule has 70 valence electrons. The van der Waals surface area contributed by atoms with Gasteiger partial charge in [-0.15, -0.1) is 6.58 Å². The predicted octanol–water partition coefficient (Wildman–Crippen LogP) is 1.86. The number of hydrogen-bond acceptors (Lipinski definition) is 2. The van der Waals surface area contributed by atoms with Crippen LogP contribution in [-0.2, 0) is 4.79 Å². The van der Waals surface area contributed by atoms with Crippen LogP contribution < -0.4 is 0 Å². The lowest BCUT2D eigenvalue weighted by Crippen LogP contribution is -2.47. The first-order valence-electron chi connectivity index (χ1n) is 4.30. The van der Waals surface area contributed by atoms with Gasteiger partial charge in [-0.3, -0.25) is 9.69 Å². The van der Waals surface area contributed by atoms with Gasteiger partial charge in [0.1, 0.15) is 0 Å². The third-order valence-corrected chi connectivity index (χ3v) is 2.61. The number of allylic oxidation sites excluding steroid dienone is 1. The van der Waals surface area contributed by atoms with Crippen LogP contribution in [0.4, 0.5) is 0 Å². The van der Waals surface area contributed by atoms with Crippen molar-refractivity contribution >= 4 is 5.78 Å². The van der Waals surface area contributed by atoms with Crippen molar-refractivity contribution < 1.29 is 4.79 Å². The minimum absolute atomic E-state index is 0.241. The van der Waals surface area contributed by atoms with E-state index in [1.54, 1.807) is 6.08 Å². The lowest BCUT2D eigenvalue weighted by Gasteiger charge is -2.33. The third-order valence-electron chi connectivity index (χ3n) is 2.61. The molecule has 0 aliphatic carbocycles. The van der Waals surface area contributed by atoms with E-state index in [2.05, 4.69) is 6.58 Å².